The van der Waals surface area contributed by atoms with Crippen molar-refractivity contribution >= 4 is 5.91 Å². The number of nitrogens with zero attached hydrogens (tertiary/aromatic N) is 4. The molecular weight excluding hydrogens is 350 g/mol. The van der Waals surface area contributed by atoms with Crippen molar-refractivity contribution in [2.75, 3.05) is 13.1 Å². The Kier molecular flexibility index (Phi) is 4.68. The third-order valence-corrected chi connectivity index (χ3v) is 5.03. The molecule has 3 aromatic rings. The van der Waals surface area contributed by atoms with E-state index in [-0.39, 0.29) is 11.9 Å². The van der Waals surface area contributed by atoms with Gasteiger partial charge in [-0.3, -0.25) is 4.79 Å². The molecule has 1 saturated heterocycles. The largest absolute Gasteiger partial charge is 0.336 e. The average Bonchev–Trinajstić information content (AvgIpc) is 3.35. The molecule has 1 aliphatic rings. The third kappa shape index (κ3) is 3.40. The minimum absolute atomic E-state index is 0.0288. The number of nitriles is 1. The van der Waals surface area contributed by atoms with E-state index in [1.54, 1.807) is 21.7 Å². The van der Waals surface area contributed by atoms with Gasteiger partial charge in [0.15, 0.2) is 5.69 Å². The summed E-state index contributed by atoms with van der Waals surface area (Å²) in [5.74, 6) is -0.103. The molecule has 0 aliphatic carbocycles. The van der Waals surface area contributed by atoms with Gasteiger partial charge in [-0.25, -0.2) is 4.68 Å². The summed E-state index contributed by atoms with van der Waals surface area (Å²) >= 11 is 0. The van der Waals surface area contributed by atoms with Crippen LogP contribution < -0.4 is 5.73 Å². The zero-order valence-electron chi connectivity index (χ0n) is 15.7. The number of amides is 1. The van der Waals surface area contributed by atoms with E-state index in [0.717, 1.165) is 28.9 Å². The van der Waals surface area contributed by atoms with Gasteiger partial charge in [-0.1, -0.05) is 29.8 Å². The van der Waals surface area contributed by atoms with Crippen molar-refractivity contribution < 1.29 is 4.79 Å². The SMILES string of the molecule is Cc1ccc(-n2nc(C(=O)N3CC[C@H](N)C3)cc2-c2ccc(C#N)cc2)cc1. The summed E-state index contributed by atoms with van der Waals surface area (Å²) in [6.07, 6.45) is 0.812. The molecule has 1 aliphatic heterocycles. The fraction of sp³-hybridized carbons (Fsp3) is 0.227. The molecule has 6 nitrogen and oxygen atoms in total. The van der Waals surface area contributed by atoms with Gasteiger partial charge >= 0.3 is 0 Å². The summed E-state index contributed by atoms with van der Waals surface area (Å²) in [5, 5.41) is 13.7. The summed E-state index contributed by atoms with van der Waals surface area (Å²) in [4.78, 5) is 14.7. The molecule has 1 amide bonds. The number of hydrogen-bond acceptors (Lipinski definition) is 4. The topological polar surface area (TPSA) is 87.9 Å². The summed E-state index contributed by atoms with van der Waals surface area (Å²) in [7, 11) is 0. The van der Waals surface area contributed by atoms with E-state index in [1.165, 1.54) is 0 Å². The summed E-state index contributed by atoms with van der Waals surface area (Å²) < 4.78 is 1.78. The Morgan fingerprint density at radius 2 is 1.89 bits per heavy atom. The fourth-order valence-electron chi connectivity index (χ4n) is 3.42. The number of carbonyl (C=O) groups is 1. The zero-order chi connectivity index (χ0) is 19.7. The Balaban J connectivity index is 1.78. The van der Waals surface area contributed by atoms with Crippen molar-refractivity contribution in [2.24, 2.45) is 5.73 Å². The number of hydrogen-bond donors (Lipinski definition) is 1. The highest BCUT2D eigenvalue weighted by Gasteiger charge is 2.27. The molecule has 4 rings (SSSR count). The normalized spacial score (nSPS) is 16.2. The predicted octanol–water partition coefficient (Wildman–Crippen LogP) is 2.89. The van der Waals surface area contributed by atoms with Crippen molar-refractivity contribution in [3.8, 4) is 23.0 Å². The van der Waals surface area contributed by atoms with Crippen LogP contribution in [0.2, 0.25) is 0 Å². The van der Waals surface area contributed by atoms with E-state index in [0.29, 0.717) is 24.3 Å². The number of carbonyl (C=O) groups excluding carboxylic acids is 1. The lowest BCUT2D eigenvalue weighted by Gasteiger charge is -2.13. The number of benzene rings is 2. The molecule has 2 aromatic carbocycles. The number of rotatable bonds is 3. The quantitative estimate of drug-likeness (QED) is 0.767. The molecule has 0 unspecified atom stereocenters. The highest BCUT2D eigenvalue weighted by molar-refractivity contribution is 5.94. The molecule has 2 heterocycles. The van der Waals surface area contributed by atoms with Gasteiger partial charge in [-0.05, 0) is 43.7 Å². The second-order valence-corrected chi connectivity index (χ2v) is 7.15. The van der Waals surface area contributed by atoms with Crippen LogP contribution in [0.25, 0.3) is 16.9 Å². The van der Waals surface area contributed by atoms with Crippen LogP contribution in [0, 0.1) is 18.3 Å². The average molecular weight is 371 g/mol. The highest BCUT2D eigenvalue weighted by Crippen LogP contribution is 2.26. The van der Waals surface area contributed by atoms with Gasteiger partial charge in [0.25, 0.3) is 5.91 Å². The minimum Gasteiger partial charge on any atom is -0.336 e. The van der Waals surface area contributed by atoms with E-state index in [2.05, 4.69) is 11.2 Å². The molecule has 28 heavy (non-hydrogen) atoms. The van der Waals surface area contributed by atoms with Crippen molar-refractivity contribution in [1.82, 2.24) is 14.7 Å². The van der Waals surface area contributed by atoms with Crippen LogP contribution in [0.1, 0.15) is 28.0 Å². The van der Waals surface area contributed by atoms with Gasteiger partial charge in [0.1, 0.15) is 0 Å². The Hall–Kier alpha value is -3.43. The Bertz CT molecular complexity index is 1040. The van der Waals surface area contributed by atoms with E-state index < -0.39 is 0 Å². The first kappa shape index (κ1) is 18.0. The van der Waals surface area contributed by atoms with Crippen molar-refractivity contribution in [1.29, 1.82) is 5.26 Å². The lowest BCUT2D eigenvalue weighted by Crippen LogP contribution is -2.32. The third-order valence-electron chi connectivity index (χ3n) is 5.03. The van der Waals surface area contributed by atoms with Crippen LogP contribution in [0.4, 0.5) is 0 Å². The van der Waals surface area contributed by atoms with E-state index >= 15 is 0 Å². The maximum absolute atomic E-state index is 12.9. The van der Waals surface area contributed by atoms with Crippen molar-refractivity contribution in [2.45, 2.75) is 19.4 Å². The van der Waals surface area contributed by atoms with Crippen LogP contribution in [-0.4, -0.2) is 39.7 Å². The van der Waals surface area contributed by atoms with Crippen molar-refractivity contribution in [3.05, 3.63) is 71.4 Å². The molecule has 0 spiro atoms. The second-order valence-electron chi connectivity index (χ2n) is 7.15. The summed E-state index contributed by atoms with van der Waals surface area (Å²) in [6.45, 7) is 3.24. The van der Waals surface area contributed by atoms with Crippen LogP contribution in [0.3, 0.4) is 0 Å². The smallest absolute Gasteiger partial charge is 0.274 e. The van der Waals surface area contributed by atoms with Gasteiger partial charge in [0.05, 0.1) is 23.0 Å². The van der Waals surface area contributed by atoms with E-state index in [4.69, 9.17) is 11.0 Å². The highest BCUT2D eigenvalue weighted by atomic mass is 16.2. The van der Waals surface area contributed by atoms with Crippen molar-refractivity contribution in [3.63, 3.8) is 0 Å². The van der Waals surface area contributed by atoms with Crippen LogP contribution in [0.5, 0.6) is 0 Å². The monoisotopic (exact) mass is 371 g/mol. The van der Waals surface area contributed by atoms with Crippen LogP contribution in [0.15, 0.2) is 54.6 Å². The molecule has 0 saturated carbocycles. The predicted molar refractivity (Wildman–Crippen MR) is 107 cm³/mol. The number of likely N-dealkylation sites (tertiary alicyclic amines) is 1. The molecule has 1 atom stereocenters. The van der Waals surface area contributed by atoms with Crippen LogP contribution in [-0.2, 0) is 0 Å². The van der Waals surface area contributed by atoms with E-state index in [1.807, 2.05) is 49.4 Å². The number of aromatic nitrogens is 2. The van der Waals surface area contributed by atoms with Gasteiger partial charge < -0.3 is 10.6 Å². The fourth-order valence-corrected chi connectivity index (χ4v) is 3.42. The number of aryl methyl sites for hydroxylation is 1. The molecule has 140 valence electrons. The Labute approximate surface area is 163 Å². The summed E-state index contributed by atoms with van der Waals surface area (Å²) in [5.41, 5.74) is 10.7. The lowest BCUT2D eigenvalue weighted by molar-refractivity contribution is 0.0784. The van der Waals surface area contributed by atoms with Gasteiger partial charge in [0, 0.05) is 24.7 Å². The first-order valence-corrected chi connectivity index (χ1v) is 9.27. The van der Waals surface area contributed by atoms with Gasteiger partial charge in [-0.15, -0.1) is 0 Å². The second kappa shape index (κ2) is 7.29. The molecule has 0 bridgehead atoms. The molecule has 1 aromatic heterocycles. The Morgan fingerprint density at radius 1 is 1.18 bits per heavy atom. The lowest BCUT2D eigenvalue weighted by atomic mass is 10.1. The minimum atomic E-state index is -0.103. The number of nitrogens with two attached hydrogens (primary N) is 1. The standard InChI is InChI=1S/C22H21N5O/c1-15-2-8-19(9-3-15)27-21(17-6-4-16(13-23)5-7-17)12-20(25-27)22(28)26-11-10-18(24)14-26/h2-9,12,18H,10-11,14,24H2,1H3/t18-/m0/s1. The van der Waals surface area contributed by atoms with Gasteiger partial charge in [-0.2, -0.15) is 10.4 Å². The molecule has 1 fully saturated rings. The maximum atomic E-state index is 12.9. The molecular formula is C22H21N5O. The van der Waals surface area contributed by atoms with Gasteiger partial charge in [0.2, 0.25) is 0 Å². The first-order valence-electron chi connectivity index (χ1n) is 9.27. The molecule has 2 N–H and O–H groups in total. The maximum Gasteiger partial charge on any atom is 0.274 e. The molecule has 0 radical (unpaired) electrons. The first-order chi connectivity index (χ1) is 13.5. The molecule has 6 heteroatoms. The Morgan fingerprint density at radius 3 is 2.50 bits per heavy atom. The summed E-state index contributed by atoms with van der Waals surface area (Å²) in [6, 6.07) is 19.2. The van der Waals surface area contributed by atoms with Crippen LogP contribution >= 0.6 is 0 Å². The zero-order valence-corrected chi connectivity index (χ0v) is 15.7. The van der Waals surface area contributed by atoms with E-state index in [9.17, 15) is 4.79 Å².